The summed E-state index contributed by atoms with van der Waals surface area (Å²) in [6, 6.07) is -1.16. The van der Waals surface area contributed by atoms with Crippen molar-refractivity contribution < 1.29 is 58.6 Å². The number of hydrogen-bond acceptors (Lipinski definition) is 12. The Kier molecular flexibility index (Phi) is 17.2. The minimum absolute atomic E-state index is 0.00385. The van der Waals surface area contributed by atoms with Crippen molar-refractivity contribution in [3.8, 4) is 0 Å². The fourth-order valence-corrected chi connectivity index (χ4v) is 9.51. The van der Waals surface area contributed by atoms with Crippen LogP contribution < -0.4 is 0 Å². The monoisotopic (exact) mass is 803 g/mol. The summed E-state index contributed by atoms with van der Waals surface area (Å²) >= 11 is 0. The van der Waals surface area contributed by atoms with Gasteiger partial charge in [-0.2, -0.15) is 0 Å². The van der Waals surface area contributed by atoms with Crippen LogP contribution in [0.3, 0.4) is 0 Å². The number of piperidine rings is 1. The lowest BCUT2D eigenvalue weighted by molar-refractivity contribution is -0.302. The maximum Gasteiger partial charge on any atom is 0.329 e. The number of ketones is 2. The first-order valence-corrected chi connectivity index (χ1v) is 21.0. The van der Waals surface area contributed by atoms with Gasteiger partial charge in [-0.05, 0) is 95.5 Å². The van der Waals surface area contributed by atoms with Gasteiger partial charge < -0.3 is 44.3 Å². The number of carbonyl (C=O) groups excluding carboxylic acids is 4. The van der Waals surface area contributed by atoms with Gasteiger partial charge in [-0.3, -0.25) is 14.4 Å². The molecule has 13 nitrogen and oxygen atoms in total. The maximum atomic E-state index is 14.3. The molecule has 322 valence electrons. The van der Waals surface area contributed by atoms with Gasteiger partial charge in [0, 0.05) is 57.5 Å². The quantitative estimate of drug-likeness (QED) is 0.163. The first kappa shape index (κ1) is 46.9. The molecule has 3 fully saturated rings. The second-order valence-corrected chi connectivity index (χ2v) is 17.4. The highest BCUT2D eigenvalue weighted by atomic mass is 16.7. The number of amides is 1. The van der Waals surface area contributed by atoms with Crippen molar-refractivity contribution in [3.05, 3.63) is 36.0 Å². The van der Waals surface area contributed by atoms with Crippen molar-refractivity contribution in [2.75, 3.05) is 27.4 Å². The van der Waals surface area contributed by atoms with E-state index in [1.165, 1.54) is 19.1 Å². The number of ether oxygens (including phenoxy) is 4. The number of hydrogen-bond donors (Lipinski definition) is 4. The molecule has 2 saturated heterocycles. The molecule has 14 unspecified atom stereocenters. The molecule has 0 aromatic heterocycles. The number of aliphatic hydroxyl groups excluding tert-OH is 3. The van der Waals surface area contributed by atoms with Gasteiger partial charge in [0.15, 0.2) is 0 Å². The summed E-state index contributed by atoms with van der Waals surface area (Å²) in [5, 5.41) is 44.0. The Morgan fingerprint density at radius 1 is 0.982 bits per heavy atom. The van der Waals surface area contributed by atoms with Gasteiger partial charge in [-0.15, -0.1) is 6.58 Å². The average Bonchev–Trinajstić information content (AvgIpc) is 3.18. The van der Waals surface area contributed by atoms with Crippen LogP contribution in [0.4, 0.5) is 0 Å². The number of Topliss-reactive ketones (excluding diaryl/α,β-unsaturated/α-hetero) is 2. The molecule has 1 amide bonds. The fraction of sp³-hybridized carbons (Fsp3) is 0.773. The fourth-order valence-electron chi connectivity index (χ4n) is 9.51. The minimum Gasteiger partial charge on any atom is -0.456 e. The van der Waals surface area contributed by atoms with Gasteiger partial charge in [0.1, 0.15) is 24.0 Å². The molecule has 4 rings (SSSR count). The summed E-state index contributed by atoms with van der Waals surface area (Å²) in [4.78, 5) is 57.8. The number of aliphatic hydroxyl groups is 4. The van der Waals surface area contributed by atoms with E-state index >= 15 is 0 Å². The van der Waals surface area contributed by atoms with Crippen molar-refractivity contribution in [2.45, 2.75) is 154 Å². The summed E-state index contributed by atoms with van der Waals surface area (Å²) in [6.45, 7) is 12.9. The summed E-state index contributed by atoms with van der Waals surface area (Å²) in [7, 11) is 3.04. The van der Waals surface area contributed by atoms with E-state index in [0.717, 1.165) is 5.57 Å². The van der Waals surface area contributed by atoms with Crippen LogP contribution in [0, 0.1) is 35.5 Å². The van der Waals surface area contributed by atoms with Gasteiger partial charge >= 0.3 is 5.97 Å². The van der Waals surface area contributed by atoms with E-state index in [4.69, 9.17) is 18.9 Å². The van der Waals surface area contributed by atoms with Crippen molar-refractivity contribution in [1.29, 1.82) is 0 Å². The number of methoxy groups -OCH3 is 2. The van der Waals surface area contributed by atoms with E-state index in [2.05, 4.69) is 6.58 Å². The Morgan fingerprint density at radius 3 is 2.32 bits per heavy atom. The Morgan fingerprint density at radius 2 is 1.67 bits per heavy atom. The third-order valence-corrected chi connectivity index (χ3v) is 13.0. The minimum atomic E-state index is -2.52. The Balaban J connectivity index is 1.78. The van der Waals surface area contributed by atoms with Crippen molar-refractivity contribution in [1.82, 2.24) is 4.90 Å². The van der Waals surface area contributed by atoms with Gasteiger partial charge in [0.05, 0.1) is 24.4 Å². The molecule has 2 bridgehead atoms. The second kappa shape index (κ2) is 21.0. The molecule has 1 saturated carbocycles. The van der Waals surface area contributed by atoms with Crippen molar-refractivity contribution >= 4 is 23.4 Å². The van der Waals surface area contributed by atoms with Crippen molar-refractivity contribution in [2.24, 2.45) is 35.5 Å². The van der Waals surface area contributed by atoms with Crippen LogP contribution in [0.25, 0.3) is 0 Å². The molecule has 3 heterocycles. The number of fused-ring (bicyclic) bond motifs is 3. The van der Waals surface area contributed by atoms with Crippen LogP contribution in [0.2, 0.25) is 0 Å². The van der Waals surface area contributed by atoms with Gasteiger partial charge in [-0.1, -0.05) is 44.6 Å². The summed E-state index contributed by atoms with van der Waals surface area (Å²) in [5.74, 6) is -8.19. The third-order valence-electron chi connectivity index (χ3n) is 13.0. The standard InChI is InChI=1S/C44H69NO12/c1-9-12-31-18-25(2)17-26(3)19-37(54-7)40-38(55-8)21-28(5)44(53,57-40)41(50)42(51)45-16-11-10-13-33(45)43(52)56-39(29(6)35(48)23-36(31)49)27(4)20-30-14-15-34(47)32(22-30)24-46/h9,18,20,26,28-35,37-40,46-48,53H,1,10-17,19,21-24H2,2-8H3/b25-18+,27-20+. The number of esters is 1. The molecular formula is C44H69NO12. The summed E-state index contributed by atoms with van der Waals surface area (Å²) < 4.78 is 24.2. The van der Waals surface area contributed by atoms with Crippen LogP contribution in [-0.4, -0.2) is 125 Å². The highest BCUT2D eigenvalue weighted by Gasteiger charge is 2.56. The van der Waals surface area contributed by atoms with Crippen LogP contribution in [0.1, 0.15) is 105 Å². The number of cyclic esters (lactones) is 1. The molecule has 0 radical (unpaired) electrons. The molecule has 14 atom stereocenters. The third kappa shape index (κ3) is 11.3. The van der Waals surface area contributed by atoms with E-state index in [1.807, 2.05) is 26.0 Å². The Hall–Kier alpha value is -2.78. The molecular weight excluding hydrogens is 734 g/mol. The zero-order valence-electron chi connectivity index (χ0n) is 35.1. The molecule has 4 N–H and O–H groups in total. The predicted molar refractivity (Wildman–Crippen MR) is 212 cm³/mol. The van der Waals surface area contributed by atoms with Gasteiger partial charge in [0.2, 0.25) is 5.79 Å². The van der Waals surface area contributed by atoms with Gasteiger partial charge in [0.25, 0.3) is 11.7 Å². The van der Waals surface area contributed by atoms with E-state index in [1.54, 1.807) is 26.8 Å². The zero-order valence-corrected chi connectivity index (χ0v) is 35.1. The van der Waals surface area contributed by atoms with E-state index < -0.39 is 83.9 Å². The number of allylic oxidation sites excluding steroid dienone is 4. The second-order valence-electron chi connectivity index (χ2n) is 17.4. The molecule has 0 spiro atoms. The number of carbonyl (C=O) groups is 4. The van der Waals surface area contributed by atoms with Crippen LogP contribution in [0.5, 0.6) is 0 Å². The molecule has 57 heavy (non-hydrogen) atoms. The molecule has 0 aromatic rings. The zero-order chi connectivity index (χ0) is 42.2. The van der Waals surface area contributed by atoms with Crippen LogP contribution >= 0.6 is 0 Å². The topological polar surface area (TPSA) is 189 Å². The first-order chi connectivity index (χ1) is 27.0. The molecule has 13 heteroatoms. The first-order valence-electron chi connectivity index (χ1n) is 21.0. The molecule has 4 aliphatic rings. The lowest BCUT2D eigenvalue weighted by Gasteiger charge is -2.47. The molecule has 1 aliphatic carbocycles. The number of nitrogens with zero attached hydrogens (tertiary/aromatic N) is 1. The summed E-state index contributed by atoms with van der Waals surface area (Å²) in [6.07, 6.45) is 5.00. The summed E-state index contributed by atoms with van der Waals surface area (Å²) in [5.41, 5.74) is 1.58. The largest absolute Gasteiger partial charge is 0.456 e. The highest BCUT2D eigenvalue weighted by molar-refractivity contribution is 6.39. The maximum absolute atomic E-state index is 14.3. The highest BCUT2D eigenvalue weighted by Crippen LogP contribution is 2.39. The molecule has 0 aromatic carbocycles. The smallest absolute Gasteiger partial charge is 0.329 e. The Labute approximate surface area is 338 Å². The van der Waals surface area contributed by atoms with E-state index in [9.17, 15) is 39.6 Å². The van der Waals surface area contributed by atoms with E-state index in [-0.39, 0.29) is 56.0 Å². The van der Waals surface area contributed by atoms with Crippen LogP contribution in [0.15, 0.2) is 36.0 Å². The SMILES string of the molecule is C=CCC1/C=C(\C)CC(C)CC(OC)C2OC(O)(C(=O)C(=O)N3CCCCC3C(=O)OC(/C(C)=C/C3CCC(O)C(CO)C3)C(C)C(O)CC1=O)C(C)CC2OC. The van der Waals surface area contributed by atoms with Crippen LogP contribution in [-0.2, 0) is 38.1 Å². The Bertz CT molecular complexity index is 1480. The van der Waals surface area contributed by atoms with Gasteiger partial charge in [-0.25, -0.2) is 4.79 Å². The number of rotatable bonds is 7. The average molecular weight is 804 g/mol. The lowest BCUT2D eigenvalue weighted by atomic mass is 9.78. The van der Waals surface area contributed by atoms with Crippen molar-refractivity contribution in [3.63, 3.8) is 0 Å². The lowest BCUT2D eigenvalue weighted by Crippen LogP contribution is -2.64. The van der Waals surface area contributed by atoms with E-state index in [0.29, 0.717) is 56.9 Å². The normalized spacial score (nSPS) is 41.0. The predicted octanol–water partition coefficient (Wildman–Crippen LogP) is 4.23. The molecule has 3 aliphatic heterocycles.